The second kappa shape index (κ2) is 4.00. The Morgan fingerprint density at radius 1 is 0.929 bits per heavy atom. The smallest absolute Gasteiger partial charge is 0.0252 e. The number of allylic oxidation sites excluding steroid dienone is 1. The highest BCUT2D eigenvalue weighted by Crippen LogP contribution is 2.26. The zero-order valence-corrected chi connectivity index (χ0v) is 9.14. The Morgan fingerprint density at radius 3 is 2.07 bits per heavy atom. The third kappa shape index (κ3) is 2.25. The molecule has 0 bridgehead atoms. The highest BCUT2D eigenvalue weighted by Gasteiger charge is 2.06. The molecule has 0 heterocycles. The van der Waals surface area contributed by atoms with Crippen LogP contribution in [0.4, 0.5) is 0 Å². The molecule has 1 saturated carbocycles. The lowest BCUT2D eigenvalue weighted by molar-refractivity contribution is 0.886. The van der Waals surface area contributed by atoms with Crippen LogP contribution in [0, 0.1) is 13.8 Å². The summed E-state index contributed by atoms with van der Waals surface area (Å²) in [4.78, 5) is 0. The van der Waals surface area contributed by atoms with Crippen molar-refractivity contribution in [1.82, 2.24) is 0 Å². The summed E-state index contributed by atoms with van der Waals surface area (Å²) in [5.74, 6) is 0. The van der Waals surface area contributed by atoms with Gasteiger partial charge in [0.05, 0.1) is 0 Å². The van der Waals surface area contributed by atoms with Gasteiger partial charge in [0.25, 0.3) is 0 Å². The van der Waals surface area contributed by atoms with Gasteiger partial charge in [-0.05, 0) is 45.1 Å². The summed E-state index contributed by atoms with van der Waals surface area (Å²) in [7, 11) is 0. The quantitative estimate of drug-likeness (QED) is 0.614. The first-order valence-electron chi connectivity index (χ1n) is 5.52. The maximum Gasteiger partial charge on any atom is -0.0252 e. The monoisotopic (exact) mass is 186 g/mol. The summed E-state index contributed by atoms with van der Waals surface area (Å²) in [5, 5.41) is 0. The molecule has 0 spiro atoms. The lowest BCUT2D eigenvalue weighted by Crippen LogP contribution is -1.81. The molecule has 0 atom stereocenters. The molecule has 14 heavy (non-hydrogen) atoms. The highest BCUT2D eigenvalue weighted by molar-refractivity contribution is 5.55. The Hall–Kier alpha value is -1.04. The van der Waals surface area contributed by atoms with E-state index in [1.165, 1.54) is 42.4 Å². The summed E-state index contributed by atoms with van der Waals surface area (Å²) in [6.45, 7) is 4.34. The van der Waals surface area contributed by atoms with E-state index >= 15 is 0 Å². The third-order valence-electron chi connectivity index (χ3n) is 2.86. The van der Waals surface area contributed by atoms with E-state index in [1.54, 1.807) is 5.57 Å². The van der Waals surface area contributed by atoms with Crippen molar-refractivity contribution in [2.45, 2.75) is 39.5 Å². The molecule has 1 aliphatic rings. The number of hydrogen-bond donors (Lipinski definition) is 0. The van der Waals surface area contributed by atoms with Gasteiger partial charge in [0.2, 0.25) is 0 Å². The zero-order chi connectivity index (χ0) is 9.97. The first-order valence-corrected chi connectivity index (χ1v) is 5.52. The molecule has 2 rings (SSSR count). The van der Waals surface area contributed by atoms with Gasteiger partial charge < -0.3 is 0 Å². The van der Waals surface area contributed by atoms with Crippen molar-refractivity contribution < 1.29 is 0 Å². The summed E-state index contributed by atoms with van der Waals surface area (Å²) in [5.41, 5.74) is 5.76. The number of rotatable bonds is 1. The predicted molar refractivity (Wildman–Crippen MR) is 62.4 cm³/mol. The summed E-state index contributed by atoms with van der Waals surface area (Å²) >= 11 is 0. The Balaban J connectivity index is 2.27. The van der Waals surface area contributed by atoms with Crippen molar-refractivity contribution in [2.75, 3.05) is 0 Å². The van der Waals surface area contributed by atoms with Crippen LogP contribution in [0.3, 0.4) is 0 Å². The highest BCUT2D eigenvalue weighted by atomic mass is 14.1. The molecule has 74 valence electrons. The van der Waals surface area contributed by atoms with E-state index in [1.807, 2.05) is 0 Å². The lowest BCUT2D eigenvalue weighted by Gasteiger charge is -2.01. The van der Waals surface area contributed by atoms with Gasteiger partial charge in [0.1, 0.15) is 0 Å². The fraction of sp³-hybridized carbons (Fsp3) is 0.429. The normalized spacial score (nSPS) is 16.0. The van der Waals surface area contributed by atoms with Crippen LogP contribution in [0.5, 0.6) is 0 Å². The Kier molecular flexibility index (Phi) is 2.72. The first kappa shape index (κ1) is 9.51. The van der Waals surface area contributed by atoms with E-state index < -0.39 is 0 Å². The van der Waals surface area contributed by atoms with E-state index in [2.05, 4.69) is 38.1 Å². The van der Waals surface area contributed by atoms with Crippen molar-refractivity contribution in [3.05, 3.63) is 40.5 Å². The molecule has 0 N–H and O–H groups in total. The predicted octanol–water partition coefficient (Wildman–Crippen LogP) is 4.26. The lowest BCUT2D eigenvalue weighted by atomic mass is 10.0. The average Bonchev–Trinajstić information content (AvgIpc) is 2.54. The van der Waals surface area contributed by atoms with Gasteiger partial charge >= 0.3 is 0 Å². The second-order valence-corrected chi connectivity index (χ2v) is 4.43. The molecule has 0 nitrogen and oxygen atoms in total. The minimum absolute atomic E-state index is 1.31. The van der Waals surface area contributed by atoms with E-state index in [-0.39, 0.29) is 0 Å². The molecule has 1 fully saturated rings. The van der Waals surface area contributed by atoms with E-state index in [9.17, 15) is 0 Å². The van der Waals surface area contributed by atoms with Crippen LogP contribution in [0.2, 0.25) is 0 Å². The van der Waals surface area contributed by atoms with Gasteiger partial charge in [-0.3, -0.25) is 0 Å². The standard InChI is InChI=1S/C14H18/c1-11-7-12(2)9-14(8-11)10-13-5-3-4-6-13/h7-10H,3-6H2,1-2H3. The third-order valence-corrected chi connectivity index (χ3v) is 2.86. The molecule has 1 aliphatic carbocycles. The molecule has 0 saturated heterocycles. The van der Waals surface area contributed by atoms with Crippen LogP contribution in [0.25, 0.3) is 6.08 Å². The van der Waals surface area contributed by atoms with Crippen LogP contribution in [0.1, 0.15) is 42.4 Å². The molecule has 0 unspecified atom stereocenters. The van der Waals surface area contributed by atoms with Crippen LogP contribution in [0.15, 0.2) is 23.8 Å². The van der Waals surface area contributed by atoms with Crippen LogP contribution in [-0.4, -0.2) is 0 Å². The number of aryl methyl sites for hydroxylation is 2. The van der Waals surface area contributed by atoms with E-state index in [0.29, 0.717) is 0 Å². The fourth-order valence-corrected chi connectivity index (χ4v) is 2.30. The zero-order valence-electron chi connectivity index (χ0n) is 9.14. The Morgan fingerprint density at radius 2 is 1.50 bits per heavy atom. The SMILES string of the molecule is Cc1cc(C)cc(C=C2CCCC2)c1. The first-order chi connectivity index (χ1) is 6.74. The Bertz CT molecular complexity index is 330. The molecule has 0 aromatic heterocycles. The van der Waals surface area contributed by atoms with Crippen LogP contribution in [-0.2, 0) is 0 Å². The summed E-state index contributed by atoms with van der Waals surface area (Å²) < 4.78 is 0. The maximum absolute atomic E-state index is 2.38. The molecule has 1 aromatic rings. The van der Waals surface area contributed by atoms with Crippen molar-refractivity contribution >= 4 is 6.08 Å². The maximum atomic E-state index is 2.38. The van der Waals surface area contributed by atoms with E-state index in [4.69, 9.17) is 0 Å². The largest absolute Gasteiger partial charge is 0.0696 e. The van der Waals surface area contributed by atoms with Crippen molar-refractivity contribution in [1.29, 1.82) is 0 Å². The second-order valence-electron chi connectivity index (χ2n) is 4.43. The van der Waals surface area contributed by atoms with E-state index in [0.717, 1.165) is 0 Å². The molecular weight excluding hydrogens is 168 g/mol. The van der Waals surface area contributed by atoms with Gasteiger partial charge in [-0.25, -0.2) is 0 Å². The van der Waals surface area contributed by atoms with Gasteiger partial charge in [-0.2, -0.15) is 0 Å². The van der Waals surface area contributed by atoms with Gasteiger partial charge in [0, 0.05) is 0 Å². The van der Waals surface area contributed by atoms with Crippen molar-refractivity contribution in [3.8, 4) is 0 Å². The number of benzene rings is 1. The Labute approximate surface area is 86.7 Å². The fourth-order valence-electron chi connectivity index (χ4n) is 2.30. The molecule has 0 radical (unpaired) electrons. The van der Waals surface area contributed by atoms with Gasteiger partial charge in [0.15, 0.2) is 0 Å². The summed E-state index contributed by atoms with van der Waals surface area (Å²) in [6, 6.07) is 6.79. The average molecular weight is 186 g/mol. The van der Waals surface area contributed by atoms with Crippen LogP contribution >= 0.6 is 0 Å². The molecular formula is C14H18. The number of hydrogen-bond acceptors (Lipinski definition) is 0. The molecule has 0 amide bonds. The molecule has 0 heteroatoms. The molecule has 0 aliphatic heterocycles. The summed E-state index contributed by atoms with van der Waals surface area (Å²) in [6.07, 6.45) is 7.78. The van der Waals surface area contributed by atoms with Gasteiger partial charge in [-0.1, -0.05) is 41.0 Å². The minimum atomic E-state index is 1.31. The van der Waals surface area contributed by atoms with Gasteiger partial charge in [-0.15, -0.1) is 0 Å². The van der Waals surface area contributed by atoms with Crippen LogP contribution < -0.4 is 0 Å². The topological polar surface area (TPSA) is 0 Å². The van der Waals surface area contributed by atoms with Crippen molar-refractivity contribution in [2.24, 2.45) is 0 Å². The molecule has 1 aromatic carbocycles. The van der Waals surface area contributed by atoms with Crippen molar-refractivity contribution in [3.63, 3.8) is 0 Å². The minimum Gasteiger partial charge on any atom is -0.0696 e.